The molecule has 2 fully saturated rings. The third kappa shape index (κ3) is 4.71. The molecule has 0 radical (unpaired) electrons. The van der Waals surface area contributed by atoms with E-state index in [0.717, 1.165) is 54.9 Å². The Hall–Kier alpha value is -2.82. The average molecular weight is 377 g/mol. The van der Waals surface area contributed by atoms with Crippen LogP contribution >= 0.6 is 0 Å². The first-order valence-electron chi connectivity index (χ1n) is 10.2. The molecule has 0 unspecified atom stereocenters. The molecule has 146 valence electrons. The van der Waals surface area contributed by atoms with Gasteiger partial charge in [-0.25, -0.2) is 4.99 Å². The van der Waals surface area contributed by atoms with Crippen LogP contribution in [0.25, 0.3) is 0 Å². The van der Waals surface area contributed by atoms with Crippen molar-refractivity contribution in [3.63, 3.8) is 0 Å². The second-order valence-electron chi connectivity index (χ2n) is 7.43. The molecule has 0 amide bonds. The number of guanidine groups is 1. The van der Waals surface area contributed by atoms with Gasteiger partial charge >= 0.3 is 0 Å². The Kier molecular flexibility index (Phi) is 5.90. The fourth-order valence-corrected chi connectivity index (χ4v) is 3.61. The summed E-state index contributed by atoms with van der Waals surface area (Å²) in [7, 11) is 2.12. The molecule has 2 saturated heterocycles. The van der Waals surface area contributed by atoms with Crippen LogP contribution in [0.5, 0.6) is 5.75 Å². The number of benzene rings is 2. The van der Waals surface area contributed by atoms with Crippen LogP contribution in [-0.2, 0) is 6.61 Å². The Balaban J connectivity index is 1.48. The Morgan fingerprint density at radius 3 is 2.36 bits per heavy atom. The summed E-state index contributed by atoms with van der Waals surface area (Å²) in [4.78, 5) is 14.3. The summed E-state index contributed by atoms with van der Waals surface area (Å²) < 4.78 is 5.88. The molecule has 2 aliphatic heterocycles. The molecule has 2 aliphatic rings. The first kappa shape index (κ1) is 18.5. The van der Waals surface area contributed by atoms with E-state index in [0.29, 0.717) is 6.61 Å². The highest BCUT2D eigenvalue weighted by Crippen LogP contribution is 2.22. The number of hydrogen-bond donors (Lipinski definition) is 0. The molecule has 0 saturated carbocycles. The van der Waals surface area contributed by atoms with Gasteiger partial charge < -0.3 is 14.5 Å². The molecule has 2 aromatic rings. The van der Waals surface area contributed by atoms with Gasteiger partial charge in [-0.15, -0.1) is 0 Å². The summed E-state index contributed by atoms with van der Waals surface area (Å²) in [5, 5.41) is 0. The van der Waals surface area contributed by atoms with Crippen LogP contribution in [0.1, 0.15) is 31.2 Å². The maximum atomic E-state index is 5.88. The molecular formula is C23H28N4O. The standard InChI is InChI=1S/C23H28N4O/c1-26-15-7-10-22(26)25-23(27-16-5-6-17-27)24-20-11-13-21(14-12-20)28-18-19-8-3-2-4-9-19/h2-4,8-9,11-14H,5-7,10,15-18H2,1H3. The summed E-state index contributed by atoms with van der Waals surface area (Å²) >= 11 is 0. The van der Waals surface area contributed by atoms with E-state index >= 15 is 0 Å². The van der Waals surface area contributed by atoms with Gasteiger partial charge in [0.25, 0.3) is 0 Å². The molecule has 4 rings (SSSR count). The molecule has 5 heteroatoms. The normalized spacial score (nSPS) is 18.9. The smallest absolute Gasteiger partial charge is 0.227 e. The van der Waals surface area contributed by atoms with E-state index in [-0.39, 0.29) is 0 Å². The van der Waals surface area contributed by atoms with Gasteiger partial charge in [-0.1, -0.05) is 30.3 Å². The van der Waals surface area contributed by atoms with E-state index in [1.165, 1.54) is 19.3 Å². The van der Waals surface area contributed by atoms with Gasteiger partial charge in [-0.2, -0.15) is 4.99 Å². The van der Waals surface area contributed by atoms with Crippen molar-refractivity contribution in [1.82, 2.24) is 9.80 Å². The van der Waals surface area contributed by atoms with Gasteiger partial charge in [0.1, 0.15) is 18.2 Å². The van der Waals surface area contributed by atoms with Crippen molar-refractivity contribution in [2.75, 3.05) is 26.7 Å². The zero-order chi connectivity index (χ0) is 19.2. The van der Waals surface area contributed by atoms with Crippen molar-refractivity contribution >= 4 is 17.5 Å². The molecule has 0 aliphatic carbocycles. The number of ether oxygens (including phenoxy) is 1. The second kappa shape index (κ2) is 8.91. The average Bonchev–Trinajstić information content (AvgIpc) is 3.40. The van der Waals surface area contributed by atoms with E-state index in [9.17, 15) is 0 Å². The van der Waals surface area contributed by atoms with Crippen molar-refractivity contribution < 1.29 is 4.74 Å². The zero-order valence-electron chi connectivity index (χ0n) is 16.6. The molecule has 0 spiro atoms. The van der Waals surface area contributed by atoms with Crippen LogP contribution in [0.4, 0.5) is 5.69 Å². The Morgan fingerprint density at radius 1 is 0.929 bits per heavy atom. The number of likely N-dealkylation sites (tertiary alicyclic amines) is 2. The highest BCUT2D eigenvalue weighted by molar-refractivity contribution is 5.97. The molecule has 0 atom stereocenters. The predicted octanol–water partition coefficient (Wildman–Crippen LogP) is 4.47. The Bertz CT molecular complexity index is 823. The number of amidine groups is 1. The lowest BCUT2D eigenvalue weighted by atomic mass is 10.2. The summed E-state index contributed by atoms with van der Waals surface area (Å²) in [6, 6.07) is 18.2. The Labute approximate surface area is 167 Å². The highest BCUT2D eigenvalue weighted by atomic mass is 16.5. The predicted molar refractivity (Wildman–Crippen MR) is 114 cm³/mol. The van der Waals surface area contributed by atoms with Crippen LogP contribution in [0.2, 0.25) is 0 Å². The van der Waals surface area contributed by atoms with Crippen molar-refractivity contribution in [3.05, 3.63) is 60.2 Å². The SMILES string of the molecule is CN1CCCC1=NC(=Nc1ccc(OCc2ccccc2)cc1)N1CCCC1. The van der Waals surface area contributed by atoms with Crippen molar-refractivity contribution in [1.29, 1.82) is 0 Å². The largest absolute Gasteiger partial charge is 0.489 e. The van der Waals surface area contributed by atoms with Crippen LogP contribution in [0, 0.1) is 0 Å². The van der Waals surface area contributed by atoms with E-state index in [4.69, 9.17) is 14.7 Å². The van der Waals surface area contributed by atoms with Crippen LogP contribution in [0.3, 0.4) is 0 Å². The van der Waals surface area contributed by atoms with Crippen LogP contribution in [0.15, 0.2) is 64.6 Å². The summed E-state index contributed by atoms with van der Waals surface area (Å²) in [5.74, 6) is 2.85. The van der Waals surface area contributed by atoms with Crippen molar-refractivity contribution in [2.24, 2.45) is 9.98 Å². The van der Waals surface area contributed by atoms with Gasteiger partial charge in [-0.05, 0) is 49.1 Å². The topological polar surface area (TPSA) is 40.4 Å². The summed E-state index contributed by atoms with van der Waals surface area (Å²) in [6.45, 7) is 3.73. The minimum atomic E-state index is 0.572. The minimum Gasteiger partial charge on any atom is -0.489 e. The first-order chi connectivity index (χ1) is 13.8. The molecule has 5 nitrogen and oxygen atoms in total. The van der Waals surface area contributed by atoms with E-state index in [1.54, 1.807) is 0 Å². The zero-order valence-corrected chi connectivity index (χ0v) is 16.6. The van der Waals surface area contributed by atoms with Crippen LogP contribution in [-0.4, -0.2) is 48.3 Å². The molecule has 28 heavy (non-hydrogen) atoms. The monoisotopic (exact) mass is 376 g/mol. The number of aliphatic imine (C=N–C) groups is 2. The van der Waals surface area contributed by atoms with Gasteiger partial charge in [0, 0.05) is 33.1 Å². The summed E-state index contributed by atoms with van der Waals surface area (Å²) in [5.41, 5.74) is 2.08. The van der Waals surface area contributed by atoms with Crippen molar-refractivity contribution in [2.45, 2.75) is 32.3 Å². The molecule has 0 aromatic heterocycles. The Morgan fingerprint density at radius 2 is 1.68 bits per heavy atom. The third-order valence-electron chi connectivity index (χ3n) is 5.27. The maximum Gasteiger partial charge on any atom is 0.227 e. The summed E-state index contributed by atoms with van der Waals surface area (Å²) in [6.07, 6.45) is 4.64. The van der Waals surface area contributed by atoms with Crippen LogP contribution < -0.4 is 4.74 Å². The van der Waals surface area contributed by atoms with Gasteiger partial charge in [0.05, 0.1) is 5.69 Å². The quantitative estimate of drug-likeness (QED) is 0.584. The van der Waals surface area contributed by atoms with Gasteiger partial charge in [0.2, 0.25) is 5.96 Å². The van der Waals surface area contributed by atoms with Gasteiger partial charge in [0.15, 0.2) is 0 Å². The number of nitrogens with zero attached hydrogens (tertiary/aromatic N) is 4. The van der Waals surface area contributed by atoms with E-state index in [2.05, 4.69) is 29.0 Å². The van der Waals surface area contributed by atoms with Crippen molar-refractivity contribution in [3.8, 4) is 5.75 Å². The second-order valence-corrected chi connectivity index (χ2v) is 7.43. The molecule has 2 aromatic carbocycles. The van der Waals surface area contributed by atoms with E-state index < -0.39 is 0 Å². The lowest BCUT2D eigenvalue weighted by molar-refractivity contribution is 0.306. The molecule has 0 bridgehead atoms. The lowest BCUT2D eigenvalue weighted by Crippen LogP contribution is -2.29. The first-order valence-corrected chi connectivity index (χ1v) is 10.2. The third-order valence-corrected chi connectivity index (χ3v) is 5.27. The fourth-order valence-electron chi connectivity index (χ4n) is 3.61. The lowest BCUT2D eigenvalue weighted by Gasteiger charge is -2.19. The molecule has 0 N–H and O–H groups in total. The van der Waals surface area contributed by atoms with E-state index in [1.807, 2.05) is 42.5 Å². The minimum absolute atomic E-state index is 0.572. The number of hydrogen-bond acceptors (Lipinski definition) is 2. The number of rotatable bonds is 4. The molecular weight excluding hydrogens is 348 g/mol. The maximum absolute atomic E-state index is 5.88. The fraction of sp³-hybridized carbons (Fsp3) is 0.391. The van der Waals surface area contributed by atoms with Gasteiger partial charge in [-0.3, -0.25) is 0 Å². The highest BCUT2D eigenvalue weighted by Gasteiger charge is 2.20. The molecule has 2 heterocycles.